The van der Waals surface area contributed by atoms with E-state index in [1.165, 1.54) is 0 Å². The lowest BCUT2D eigenvalue weighted by Gasteiger charge is -2.35. The first kappa shape index (κ1) is 14.6. The van der Waals surface area contributed by atoms with Crippen molar-refractivity contribution in [1.29, 1.82) is 0 Å². The van der Waals surface area contributed by atoms with Gasteiger partial charge in [0.25, 0.3) is 0 Å². The average molecular weight is 313 g/mol. The second kappa shape index (κ2) is 5.93. The van der Waals surface area contributed by atoms with E-state index in [9.17, 15) is 0 Å². The van der Waals surface area contributed by atoms with Crippen molar-refractivity contribution in [3.63, 3.8) is 0 Å². The van der Waals surface area contributed by atoms with Crippen molar-refractivity contribution in [3.8, 4) is 0 Å². The SMILES string of the molecule is CN1C=CC2(C=C1)CC(c1ccccc1)=NN=C2c1ccccc1. The van der Waals surface area contributed by atoms with Gasteiger partial charge in [-0.05, 0) is 11.1 Å². The summed E-state index contributed by atoms with van der Waals surface area (Å²) >= 11 is 0. The molecular weight excluding hydrogens is 294 g/mol. The molecule has 0 aliphatic carbocycles. The zero-order valence-electron chi connectivity index (χ0n) is 13.6. The lowest BCUT2D eigenvalue weighted by molar-refractivity contribution is 0.558. The van der Waals surface area contributed by atoms with Gasteiger partial charge in [0.05, 0.1) is 16.8 Å². The largest absolute Gasteiger partial charge is 0.358 e. The third kappa shape index (κ3) is 2.58. The van der Waals surface area contributed by atoms with Gasteiger partial charge in [-0.1, -0.05) is 72.8 Å². The molecule has 0 aromatic heterocycles. The molecule has 24 heavy (non-hydrogen) atoms. The topological polar surface area (TPSA) is 28.0 Å². The van der Waals surface area contributed by atoms with Gasteiger partial charge in [0.1, 0.15) is 0 Å². The third-order valence-electron chi connectivity index (χ3n) is 4.54. The Labute approximate surface area is 142 Å². The van der Waals surface area contributed by atoms with Gasteiger partial charge in [0, 0.05) is 25.9 Å². The molecule has 0 radical (unpaired) electrons. The Morgan fingerprint density at radius 2 is 1.38 bits per heavy atom. The summed E-state index contributed by atoms with van der Waals surface area (Å²) in [6, 6.07) is 20.6. The second-order valence-corrected chi connectivity index (χ2v) is 6.24. The predicted octanol–water partition coefficient (Wildman–Crippen LogP) is 4.24. The molecule has 2 aliphatic heterocycles. The molecule has 0 fully saturated rings. The fraction of sp³-hybridized carbons (Fsp3) is 0.143. The van der Waals surface area contributed by atoms with Crippen molar-refractivity contribution in [1.82, 2.24) is 4.90 Å². The maximum atomic E-state index is 4.64. The van der Waals surface area contributed by atoms with Crippen LogP contribution >= 0.6 is 0 Å². The summed E-state index contributed by atoms with van der Waals surface area (Å²) in [5.41, 5.74) is 4.03. The minimum Gasteiger partial charge on any atom is -0.358 e. The van der Waals surface area contributed by atoms with E-state index in [0.717, 1.165) is 29.0 Å². The quantitative estimate of drug-likeness (QED) is 0.815. The summed E-state index contributed by atoms with van der Waals surface area (Å²) in [6.45, 7) is 0. The van der Waals surface area contributed by atoms with Gasteiger partial charge in [-0.15, -0.1) is 0 Å². The fourth-order valence-electron chi connectivity index (χ4n) is 3.19. The molecule has 0 N–H and O–H groups in total. The van der Waals surface area contributed by atoms with Gasteiger partial charge in [-0.25, -0.2) is 0 Å². The van der Waals surface area contributed by atoms with Gasteiger partial charge in [0.2, 0.25) is 0 Å². The highest BCUT2D eigenvalue weighted by Gasteiger charge is 2.37. The Balaban J connectivity index is 1.83. The van der Waals surface area contributed by atoms with Crippen LogP contribution in [0.4, 0.5) is 0 Å². The van der Waals surface area contributed by atoms with E-state index in [-0.39, 0.29) is 5.41 Å². The molecular formula is C21H19N3. The monoisotopic (exact) mass is 313 g/mol. The number of benzene rings is 2. The van der Waals surface area contributed by atoms with E-state index >= 15 is 0 Å². The standard InChI is InChI=1S/C21H19N3/c1-24-14-12-21(13-15-24)16-19(17-8-4-2-5-9-17)22-23-20(21)18-10-6-3-7-11-18/h2-15H,16H2,1H3. The van der Waals surface area contributed by atoms with Crippen LogP contribution in [0.25, 0.3) is 0 Å². The highest BCUT2D eigenvalue weighted by Crippen LogP contribution is 2.38. The molecule has 3 nitrogen and oxygen atoms in total. The van der Waals surface area contributed by atoms with Crippen molar-refractivity contribution < 1.29 is 0 Å². The molecule has 0 unspecified atom stereocenters. The van der Waals surface area contributed by atoms with Crippen LogP contribution in [-0.2, 0) is 0 Å². The molecule has 0 amide bonds. The van der Waals surface area contributed by atoms with E-state index in [0.29, 0.717) is 0 Å². The average Bonchev–Trinajstić information content (AvgIpc) is 2.66. The zero-order chi connectivity index (χ0) is 16.4. The molecule has 1 spiro atoms. The Kier molecular flexibility index (Phi) is 3.62. The molecule has 2 heterocycles. The minimum atomic E-state index is -0.249. The van der Waals surface area contributed by atoms with Crippen molar-refractivity contribution in [2.75, 3.05) is 7.05 Å². The second-order valence-electron chi connectivity index (χ2n) is 6.24. The molecule has 2 aliphatic rings. The molecule has 0 atom stereocenters. The van der Waals surface area contributed by atoms with Crippen LogP contribution < -0.4 is 0 Å². The van der Waals surface area contributed by atoms with Crippen LogP contribution in [0, 0.1) is 5.41 Å². The van der Waals surface area contributed by atoms with E-state index in [2.05, 4.69) is 63.9 Å². The minimum absolute atomic E-state index is 0.249. The summed E-state index contributed by atoms with van der Waals surface area (Å²) in [5.74, 6) is 0. The van der Waals surface area contributed by atoms with Crippen LogP contribution in [0.15, 0.2) is 95.4 Å². The van der Waals surface area contributed by atoms with E-state index < -0.39 is 0 Å². The van der Waals surface area contributed by atoms with Gasteiger partial charge >= 0.3 is 0 Å². The summed E-state index contributed by atoms with van der Waals surface area (Å²) in [4.78, 5) is 2.06. The van der Waals surface area contributed by atoms with Gasteiger partial charge in [0.15, 0.2) is 0 Å². The zero-order valence-corrected chi connectivity index (χ0v) is 13.6. The van der Waals surface area contributed by atoms with E-state index in [4.69, 9.17) is 0 Å². The van der Waals surface area contributed by atoms with Crippen LogP contribution in [-0.4, -0.2) is 23.4 Å². The lowest BCUT2D eigenvalue weighted by atomic mass is 9.73. The Hall–Kier alpha value is -2.94. The van der Waals surface area contributed by atoms with Crippen molar-refractivity contribution in [3.05, 3.63) is 96.3 Å². The van der Waals surface area contributed by atoms with Gasteiger partial charge in [-0.3, -0.25) is 0 Å². The maximum Gasteiger partial charge on any atom is 0.0845 e. The number of hydrogen-bond donors (Lipinski definition) is 0. The van der Waals surface area contributed by atoms with Gasteiger partial charge < -0.3 is 4.90 Å². The molecule has 0 bridgehead atoms. The summed E-state index contributed by atoms with van der Waals surface area (Å²) < 4.78 is 0. The number of rotatable bonds is 2. The molecule has 2 aromatic rings. The Morgan fingerprint density at radius 1 is 0.792 bits per heavy atom. The van der Waals surface area contributed by atoms with Crippen molar-refractivity contribution in [2.24, 2.45) is 15.6 Å². The first-order chi connectivity index (χ1) is 11.8. The molecule has 2 aromatic carbocycles. The van der Waals surface area contributed by atoms with Crippen LogP contribution in [0.1, 0.15) is 17.5 Å². The lowest BCUT2D eigenvalue weighted by Crippen LogP contribution is -2.35. The van der Waals surface area contributed by atoms with Gasteiger partial charge in [-0.2, -0.15) is 10.2 Å². The maximum absolute atomic E-state index is 4.64. The smallest absolute Gasteiger partial charge is 0.0845 e. The molecule has 0 saturated carbocycles. The number of nitrogens with zero attached hydrogens (tertiary/aromatic N) is 3. The molecule has 118 valence electrons. The van der Waals surface area contributed by atoms with Crippen molar-refractivity contribution in [2.45, 2.75) is 6.42 Å². The first-order valence-electron chi connectivity index (χ1n) is 8.13. The van der Waals surface area contributed by atoms with Crippen LogP contribution in [0.3, 0.4) is 0 Å². The predicted molar refractivity (Wildman–Crippen MR) is 99.1 cm³/mol. The normalized spacial score (nSPS) is 18.5. The third-order valence-corrected chi connectivity index (χ3v) is 4.54. The Bertz CT molecular complexity index is 831. The van der Waals surface area contributed by atoms with Crippen LogP contribution in [0.5, 0.6) is 0 Å². The number of allylic oxidation sites excluding steroid dienone is 2. The molecule has 3 heteroatoms. The Morgan fingerprint density at radius 3 is 2.00 bits per heavy atom. The highest BCUT2D eigenvalue weighted by molar-refractivity contribution is 6.14. The van der Waals surface area contributed by atoms with Crippen molar-refractivity contribution >= 4 is 11.4 Å². The summed E-state index contributed by atoms with van der Waals surface area (Å²) in [6.07, 6.45) is 9.48. The summed E-state index contributed by atoms with van der Waals surface area (Å²) in [7, 11) is 2.04. The summed E-state index contributed by atoms with van der Waals surface area (Å²) in [5, 5.41) is 9.19. The van der Waals surface area contributed by atoms with Crippen LogP contribution in [0.2, 0.25) is 0 Å². The van der Waals surface area contributed by atoms with E-state index in [1.807, 2.05) is 43.4 Å². The number of hydrogen-bond acceptors (Lipinski definition) is 3. The highest BCUT2D eigenvalue weighted by atomic mass is 15.2. The molecule has 0 saturated heterocycles. The molecule has 4 rings (SSSR count). The first-order valence-corrected chi connectivity index (χ1v) is 8.13. The van der Waals surface area contributed by atoms with E-state index in [1.54, 1.807) is 0 Å². The fourth-order valence-corrected chi connectivity index (χ4v) is 3.19.